The molecular weight excluding hydrogens is 250 g/mol. The Hall–Kier alpha value is -0.340. The molecule has 0 bridgehead atoms. The molecule has 0 amide bonds. The van der Waals surface area contributed by atoms with Gasteiger partial charge in [0, 0.05) is 16.1 Å². The van der Waals surface area contributed by atoms with Crippen molar-refractivity contribution in [1.82, 2.24) is 4.34 Å². The van der Waals surface area contributed by atoms with Crippen molar-refractivity contribution in [3.63, 3.8) is 0 Å². The van der Waals surface area contributed by atoms with Crippen LogP contribution in [0.25, 0.3) is 0 Å². The van der Waals surface area contributed by atoms with Crippen LogP contribution < -0.4 is 4.34 Å². The quantitative estimate of drug-likeness (QED) is 0.792. The summed E-state index contributed by atoms with van der Waals surface area (Å²) in [4.78, 5) is 0. The summed E-state index contributed by atoms with van der Waals surface area (Å²) >= 11 is 3.44. The third kappa shape index (κ3) is 2.43. The second-order valence-corrected chi connectivity index (χ2v) is 4.29. The number of hydrogen-bond donors (Lipinski definition) is 1. The van der Waals surface area contributed by atoms with Crippen LogP contribution in [0.5, 0.6) is 0 Å². The smallest absolute Gasteiger partial charge is 0.0532 e. The monoisotopic (exact) mass is 269 g/mol. The van der Waals surface area contributed by atoms with Crippen molar-refractivity contribution in [2.24, 2.45) is 0 Å². The molecular formula is C13H20BrN. The molecule has 1 aromatic carbocycles. The summed E-state index contributed by atoms with van der Waals surface area (Å²) in [5, 5.41) is 0. The SMILES string of the molecule is CCc1ccccc1C(CC)(CC)NBr. The molecule has 0 unspecified atom stereocenters. The van der Waals surface area contributed by atoms with Gasteiger partial charge in [0.25, 0.3) is 0 Å². The predicted molar refractivity (Wildman–Crippen MR) is 70.1 cm³/mol. The number of benzene rings is 1. The Morgan fingerprint density at radius 2 is 1.73 bits per heavy atom. The van der Waals surface area contributed by atoms with Crippen molar-refractivity contribution >= 4 is 16.1 Å². The lowest BCUT2D eigenvalue weighted by Gasteiger charge is -2.32. The molecule has 0 aromatic heterocycles. The van der Waals surface area contributed by atoms with Gasteiger partial charge in [-0.2, -0.15) is 0 Å². The number of aryl methyl sites for hydroxylation is 1. The summed E-state index contributed by atoms with van der Waals surface area (Å²) in [6, 6.07) is 8.70. The van der Waals surface area contributed by atoms with E-state index in [1.165, 1.54) is 11.1 Å². The Balaban J connectivity index is 3.21. The Labute approximate surface area is 102 Å². The van der Waals surface area contributed by atoms with Crippen LogP contribution in [0.15, 0.2) is 24.3 Å². The van der Waals surface area contributed by atoms with Gasteiger partial charge >= 0.3 is 0 Å². The van der Waals surface area contributed by atoms with Gasteiger partial charge in [0.1, 0.15) is 0 Å². The Bertz CT molecular complexity index is 297. The van der Waals surface area contributed by atoms with Crippen molar-refractivity contribution in [2.75, 3.05) is 0 Å². The molecule has 15 heavy (non-hydrogen) atoms. The van der Waals surface area contributed by atoms with Crippen LogP contribution in [0.1, 0.15) is 44.7 Å². The Kier molecular flexibility index (Phi) is 4.81. The van der Waals surface area contributed by atoms with E-state index >= 15 is 0 Å². The van der Waals surface area contributed by atoms with Gasteiger partial charge in [-0.05, 0) is 30.4 Å². The van der Waals surface area contributed by atoms with Crippen LogP contribution in [0.4, 0.5) is 0 Å². The Morgan fingerprint density at radius 3 is 2.20 bits per heavy atom. The van der Waals surface area contributed by atoms with Gasteiger partial charge < -0.3 is 0 Å². The molecule has 84 valence electrons. The number of hydrogen-bond acceptors (Lipinski definition) is 1. The summed E-state index contributed by atoms with van der Waals surface area (Å²) in [6.07, 6.45) is 3.27. The fraction of sp³-hybridized carbons (Fsp3) is 0.538. The minimum Gasteiger partial charge on any atom is -0.245 e. The van der Waals surface area contributed by atoms with Crippen LogP contribution in [-0.2, 0) is 12.0 Å². The molecule has 0 fully saturated rings. The maximum absolute atomic E-state index is 3.44. The molecule has 1 rings (SSSR count). The van der Waals surface area contributed by atoms with E-state index in [0.29, 0.717) is 0 Å². The molecule has 0 aliphatic rings. The maximum atomic E-state index is 3.44. The van der Waals surface area contributed by atoms with E-state index in [0.717, 1.165) is 19.3 Å². The lowest BCUT2D eigenvalue weighted by atomic mass is 9.82. The van der Waals surface area contributed by atoms with Gasteiger partial charge in [-0.15, -0.1) is 0 Å². The van der Waals surface area contributed by atoms with Gasteiger partial charge in [-0.1, -0.05) is 45.0 Å². The van der Waals surface area contributed by atoms with E-state index in [-0.39, 0.29) is 5.54 Å². The predicted octanol–water partition coefficient (Wildman–Crippen LogP) is 4.16. The normalized spacial score (nSPS) is 11.7. The van der Waals surface area contributed by atoms with Crippen molar-refractivity contribution < 1.29 is 0 Å². The highest BCUT2D eigenvalue weighted by molar-refractivity contribution is 9.08. The van der Waals surface area contributed by atoms with Crippen molar-refractivity contribution in [1.29, 1.82) is 0 Å². The second kappa shape index (κ2) is 5.66. The van der Waals surface area contributed by atoms with Gasteiger partial charge in [0.2, 0.25) is 0 Å². The van der Waals surface area contributed by atoms with E-state index < -0.39 is 0 Å². The number of halogens is 1. The molecule has 0 radical (unpaired) electrons. The largest absolute Gasteiger partial charge is 0.245 e. The van der Waals surface area contributed by atoms with Gasteiger partial charge in [0.15, 0.2) is 0 Å². The highest BCUT2D eigenvalue weighted by atomic mass is 79.9. The molecule has 1 N–H and O–H groups in total. The lowest BCUT2D eigenvalue weighted by Crippen LogP contribution is -2.36. The van der Waals surface area contributed by atoms with Crippen molar-refractivity contribution in [3.8, 4) is 0 Å². The average molecular weight is 270 g/mol. The summed E-state index contributed by atoms with van der Waals surface area (Å²) in [5.41, 5.74) is 2.94. The van der Waals surface area contributed by atoms with E-state index in [9.17, 15) is 0 Å². The number of nitrogens with one attached hydrogen (secondary N) is 1. The van der Waals surface area contributed by atoms with Crippen LogP contribution in [0.3, 0.4) is 0 Å². The van der Waals surface area contributed by atoms with Crippen LogP contribution in [0.2, 0.25) is 0 Å². The third-order valence-corrected chi connectivity index (χ3v) is 4.06. The number of rotatable bonds is 5. The first-order chi connectivity index (χ1) is 7.24. The van der Waals surface area contributed by atoms with Crippen LogP contribution in [-0.4, -0.2) is 0 Å². The minimum atomic E-state index is 0.0760. The summed E-state index contributed by atoms with van der Waals surface area (Å²) in [7, 11) is 0. The first-order valence-corrected chi connectivity index (χ1v) is 6.49. The maximum Gasteiger partial charge on any atom is 0.0532 e. The highest BCUT2D eigenvalue weighted by Gasteiger charge is 2.28. The Morgan fingerprint density at radius 1 is 1.13 bits per heavy atom. The summed E-state index contributed by atoms with van der Waals surface area (Å²) in [5.74, 6) is 0. The van der Waals surface area contributed by atoms with Crippen LogP contribution >= 0.6 is 16.1 Å². The topological polar surface area (TPSA) is 12.0 Å². The van der Waals surface area contributed by atoms with Crippen molar-refractivity contribution in [3.05, 3.63) is 35.4 Å². The highest BCUT2D eigenvalue weighted by Crippen LogP contribution is 2.32. The van der Waals surface area contributed by atoms with E-state index in [1.807, 2.05) is 0 Å². The fourth-order valence-corrected chi connectivity index (χ4v) is 2.89. The zero-order valence-electron chi connectivity index (χ0n) is 9.81. The molecule has 1 aromatic rings. The first-order valence-electron chi connectivity index (χ1n) is 5.70. The molecule has 0 spiro atoms. The standard InChI is InChI=1S/C13H20BrN/c1-4-11-9-7-8-10-12(11)13(5-2,6-3)15-14/h7-10,15H,4-6H2,1-3H3. The molecule has 0 atom stereocenters. The third-order valence-electron chi connectivity index (χ3n) is 3.30. The molecule has 2 heteroatoms. The minimum absolute atomic E-state index is 0.0760. The van der Waals surface area contributed by atoms with Gasteiger partial charge in [-0.25, -0.2) is 4.34 Å². The molecule has 1 nitrogen and oxygen atoms in total. The second-order valence-electron chi connectivity index (χ2n) is 3.89. The summed E-state index contributed by atoms with van der Waals surface area (Å²) < 4.78 is 3.32. The zero-order valence-corrected chi connectivity index (χ0v) is 11.4. The van der Waals surface area contributed by atoms with Gasteiger partial charge in [-0.3, -0.25) is 0 Å². The fourth-order valence-electron chi connectivity index (χ4n) is 2.11. The first kappa shape index (κ1) is 12.7. The molecule has 0 heterocycles. The average Bonchev–Trinajstić information content (AvgIpc) is 2.33. The molecule has 0 saturated heterocycles. The lowest BCUT2D eigenvalue weighted by molar-refractivity contribution is 0.382. The zero-order chi connectivity index (χ0) is 11.3. The van der Waals surface area contributed by atoms with Gasteiger partial charge in [0.05, 0.1) is 5.54 Å². The van der Waals surface area contributed by atoms with Crippen molar-refractivity contribution in [2.45, 2.75) is 45.6 Å². The van der Waals surface area contributed by atoms with E-state index in [2.05, 4.69) is 65.5 Å². The molecule has 0 aliphatic carbocycles. The van der Waals surface area contributed by atoms with E-state index in [1.54, 1.807) is 0 Å². The summed E-state index contributed by atoms with van der Waals surface area (Å²) in [6.45, 7) is 6.66. The van der Waals surface area contributed by atoms with E-state index in [4.69, 9.17) is 0 Å². The van der Waals surface area contributed by atoms with Crippen LogP contribution in [0, 0.1) is 0 Å². The molecule has 0 aliphatic heterocycles. The molecule has 0 saturated carbocycles.